The molecule has 198 valence electrons. The third-order valence-corrected chi connectivity index (χ3v) is 7.64. The summed E-state index contributed by atoms with van der Waals surface area (Å²) in [4.78, 5) is 37.1. The number of anilines is 1. The molecule has 9 heteroatoms. The van der Waals surface area contributed by atoms with Crippen LogP contribution < -0.4 is 22.3 Å². The highest BCUT2D eigenvalue weighted by Gasteiger charge is 2.49. The standard InChI is InChI=1S/C29H30N3O5.BrH/c33-26(21-11-13-25(14-12-21)31(35)36)19-32-17-15-22(16-18-32)27(20-32)37-29(34)28(23-7-3-1-4-8-23)30-24-9-5-2-6-10-24;/h1-14,22,27-28,30H,15-20H2;1H/q+1;/p-1. The van der Waals surface area contributed by atoms with Gasteiger partial charge in [0.15, 0.2) is 12.1 Å². The van der Waals surface area contributed by atoms with Gasteiger partial charge in [0.25, 0.3) is 5.69 Å². The number of rotatable bonds is 9. The summed E-state index contributed by atoms with van der Waals surface area (Å²) in [6.07, 6.45) is 1.53. The van der Waals surface area contributed by atoms with Crippen molar-refractivity contribution in [3.8, 4) is 0 Å². The number of Topliss-reactive ketones (excluding diaryl/α,β-unsaturated/α-hetero) is 1. The monoisotopic (exact) mass is 579 g/mol. The first-order chi connectivity index (χ1) is 17.9. The normalized spacial score (nSPS) is 22.5. The number of hydrogen-bond acceptors (Lipinski definition) is 6. The van der Waals surface area contributed by atoms with Gasteiger partial charge in [-0.25, -0.2) is 4.79 Å². The minimum absolute atomic E-state index is 0. The minimum atomic E-state index is -0.644. The molecule has 2 unspecified atom stereocenters. The molecular formula is C29H30BrN3O5. The van der Waals surface area contributed by atoms with Gasteiger partial charge in [0.2, 0.25) is 5.78 Å². The number of nitrogens with one attached hydrogen (secondary N) is 1. The first kappa shape index (κ1) is 27.5. The summed E-state index contributed by atoms with van der Waals surface area (Å²) in [5.74, 6) is -0.0894. The van der Waals surface area contributed by atoms with Crippen molar-refractivity contribution < 1.29 is 40.7 Å². The van der Waals surface area contributed by atoms with E-state index in [9.17, 15) is 19.7 Å². The van der Waals surface area contributed by atoms with Gasteiger partial charge < -0.3 is 31.5 Å². The first-order valence-electron chi connectivity index (χ1n) is 12.6. The Morgan fingerprint density at radius 2 is 1.55 bits per heavy atom. The maximum absolute atomic E-state index is 13.5. The second-order valence-corrected chi connectivity index (χ2v) is 10.0. The predicted molar refractivity (Wildman–Crippen MR) is 139 cm³/mol. The van der Waals surface area contributed by atoms with Gasteiger partial charge in [-0.1, -0.05) is 48.5 Å². The Morgan fingerprint density at radius 1 is 0.947 bits per heavy atom. The SMILES string of the molecule is O=C(C[N+]12CCC(CC1)C(OC(=O)C(Nc1ccccc1)c1ccccc1)C2)c1ccc([N+](=O)[O-])cc1.[Br-]. The molecule has 8 nitrogen and oxygen atoms in total. The van der Waals surface area contributed by atoms with Crippen LogP contribution in [0.4, 0.5) is 11.4 Å². The van der Waals surface area contributed by atoms with Gasteiger partial charge in [-0.2, -0.15) is 0 Å². The summed E-state index contributed by atoms with van der Waals surface area (Å²) in [5.41, 5.74) is 2.09. The zero-order valence-corrected chi connectivity index (χ0v) is 22.5. The van der Waals surface area contributed by atoms with Gasteiger partial charge >= 0.3 is 5.97 Å². The topological polar surface area (TPSA) is 98.5 Å². The number of benzene rings is 3. The Hall–Kier alpha value is -3.56. The van der Waals surface area contributed by atoms with Crippen molar-refractivity contribution in [1.82, 2.24) is 0 Å². The lowest BCUT2D eigenvalue weighted by molar-refractivity contribution is -0.938. The van der Waals surface area contributed by atoms with Gasteiger partial charge in [-0.15, -0.1) is 0 Å². The van der Waals surface area contributed by atoms with Crippen LogP contribution in [0.1, 0.15) is 34.8 Å². The number of ether oxygens (including phenoxy) is 1. The average molecular weight is 580 g/mol. The van der Waals surface area contributed by atoms with Crippen LogP contribution in [-0.2, 0) is 9.53 Å². The van der Waals surface area contributed by atoms with Crippen molar-refractivity contribution in [2.45, 2.75) is 25.0 Å². The molecule has 3 aromatic carbocycles. The predicted octanol–water partition coefficient (Wildman–Crippen LogP) is 1.79. The molecule has 38 heavy (non-hydrogen) atoms. The van der Waals surface area contributed by atoms with E-state index in [-0.39, 0.29) is 46.4 Å². The van der Waals surface area contributed by atoms with Crippen molar-refractivity contribution in [3.63, 3.8) is 0 Å². The van der Waals surface area contributed by atoms with Crippen molar-refractivity contribution in [3.05, 3.63) is 106 Å². The van der Waals surface area contributed by atoms with E-state index in [1.165, 1.54) is 24.3 Å². The number of piperidine rings is 3. The fraction of sp³-hybridized carbons (Fsp3) is 0.310. The summed E-state index contributed by atoms with van der Waals surface area (Å²) in [6.45, 7) is 2.62. The molecule has 0 radical (unpaired) electrons. The molecular weight excluding hydrogens is 550 g/mol. The Morgan fingerprint density at radius 3 is 2.16 bits per heavy atom. The zero-order valence-electron chi connectivity index (χ0n) is 20.9. The molecule has 2 bridgehead atoms. The Labute approximate surface area is 232 Å². The highest BCUT2D eigenvalue weighted by molar-refractivity contribution is 5.97. The van der Waals surface area contributed by atoms with Crippen molar-refractivity contribution in [2.24, 2.45) is 5.92 Å². The lowest BCUT2D eigenvalue weighted by Gasteiger charge is -2.51. The van der Waals surface area contributed by atoms with Crippen LogP contribution >= 0.6 is 0 Å². The number of nitro benzene ring substituents is 1. The van der Waals surface area contributed by atoms with E-state index < -0.39 is 11.0 Å². The highest BCUT2D eigenvalue weighted by atomic mass is 79.9. The van der Waals surface area contributed by atoms with E-state index in [1.807, 2.05) is 60.7 Å². The smallest absolute Gasteiger partial charge is 0.333 e. The summed E-state index contributed by atoms with van der Waals surface area (Å²) in [5, 5.41) is 14.3. The zero-order chi connectivity index (χ0) is 25.8. The molecule has 3 saturated heterocycles. The lowest BCUT2D eigenvalue weighted by Crippen LogP contribution is -3.00. The molecule has 3 aromatic rings. The van der Waals surface area contributed by atoms with Gasteiger partial charge in [0.05, 0.1) is 18.0 Å². The van der Waals surface area contributed by atoms with Crippen molar-refractivity contribution >= 4 is 23.1 Å². The van der Waals surface area contributed by atoms with E-state index in [0.29, 0.717) is 23.1 Å². The van der Waals surface area contributed by atoms with E-state index >= 15 is 0 Å². The number of non-ortho nitro benzene ring substituents is 1. The summed E-state index contributed by atoms with van der Waals surface area (Å²) in [7, 11) is 0. The molecule has 0 aromatic heterocycles. The molecule has 3 fully saturated rings. The lowest BCUT2D eigenvalue weighted by atomic mass is 9.82. The second kappa shape index (κ2) is 11.9. The molecule has 0 saturated carbocycles. The maximum atomic E-state index is 13.5. The Bertz CT molecular complexity index is 1260. The molecule has 3 heterocycles. The van der Waals surface area contributed by atoms with Gasteiger partial charge in [0.1, 0.15) is 13.1 Å². The third kappa shape index (κ3) is 6.11. The largest absolute Gasteiger partial charge is 1.00 e. The summed E-state index contributed by atoms with van der Waals surface area (Å²) >= 11 is 0. The number of quaternary nitrogens is 1. The van der Waals surface area contributed by atoms with Crippen molar-refractivity contribution in [1.29, 1.82) is 0 Å². The Kier molecular flexibility index (Phi) is 8.58. The Balaban J connectivity index is 0.00000336. The van der Waals surface area contributed by atoms with E-state index in [0.717, 1.165) is 37.2 Å². The number of nitrogens with zero attached hydrogens (tertiary/aromatic N) is 2. The molecule has 6 rings (SSSR count). The van der Waals surface area contributed by atoms with Crippen molar-refractivity contribution in [2.75, 3.05) is 31.5 Å². The van der Waals surface area contributed by atoms with Crippen LogP contribution in [0, 0.1) is 16.0 Å². The molecule has 2 atom stereocenters. The maximum Gasteiger partial charge on any atom is 0.333 e. The number of hydrogen-bond donors (Lipinski definition) is 1. The van der Waals surface area contributed by atoms with Crippen LogP contribution in [0.3, 0.4) is 0 Å². The fourth-order valence-corrected chi connectivity index (χ4v) is 5.58. The summed E-state index contributed by atoms with van der Waals surface area (Å²) in [6, 6.07) is 24.3. The molecule has 3 aliphatic rings. The number of fused-ring (bicyclic) bond motifs is 3. The number of esters is 1. The average Bonchev–Trinajstić information content (AvgIpc) is 2.93. The quantitative estimate of drug-likeness (QED) is 0.136. The molecule has 0 spiro atoms. The minimum Gasteiger partial charge on any atom is -1.00 e. The van der Waals surface area contributed by atoms with E-state index in [4.69, 9.17) is 4.74 Å². The fourth-order valence-electron chi connectivity index (χ4n) is 5.58. The van der Waals surface area contributed by atoms with Crippen LogP contribution in [0.2, 0.25) is 0 Å². The van der Waals surface area contributed by atoms with Crippen LogP contribution in [0.15, 0.2) is 84.9 Å². The molecule has 0 amide bonds. The van der Waals surface area contributed by atoms with Gasteiger partial charge in [0, 0.05) is 42.1 Å². The number of carbonyl (C=O) groups excluding carboxylic acids is 2. The second-order valence-electron chi connectivity index (χ2n) is 10.0. The van der Waals surface area contributed by atoms with Crippen LogP contribution in [0.25, 0.3) is 0 Å². The molecule has 0 aliphatic carbocycles. The van der Waals surface area contributed by atoms with E-state index in [1.54, 1.807) is 0 Å². The first-order valence-corrected chi connectivity index (χ1v) is 12.6. The van der Waals surface area contributed by atoms with Crippen LogP contribution in [0.5, 0.6) is 0 Å². The number of carbonyl (C=O) groups is 2. The number of para-hydroxylation sites is 1. The number of halogens is 1. The third-order valence-electron chi connectivity index (χ3n) is 7.64. The number of ketones is 1. The number of nitro groups is 1. The van der Waals surface area contributed by atoms with Crippen LogP contribution in [-0.4, -0.2) is 53.4 Å². The highest BCUT2D eigenvalue weighted by Crippen LogP contribution is 2.37. The summed E-state index contributed by atoms with van der Waals surface area (Å²) < 4.78 is 6.74. The molecule has 3 aliphatic heterocycles. The molecule has 1 N–H and O–H groups in total. The van der Waals surface area contributed by atoms with Gasteiger partial charge in [-0.3, -0.25) is 14.9 Å². The van der Waals surface area contributed by atoms with E-state index in [2.05, 4.69) is 5.32 Å². The van der Waals surface area contributed by atoms with Gasteiger partial charge in [-0.05, 0) is 29.8 Å².